The van der Waals surface area contributed by atoms with E-state index >= 15 is 0 Å². The number of esters is 1. The van der Waals surface area contributed by atoms with E-state index < -0.39 is 0 Å². The normalized spacial score (nSPS) is 30.2. The summed E-state index contributed by atoms with van der Waals surface area (Å²) in [6, 6.07) is 3.52. The van der Waals surface area contributed by atoms with Crippen molar-refractivity contribution in [2.75, 3.05) is 0 Å². The predicted molar refractivity (Wildman–Crippen MR) is 131 cm³/mol. The summed E-state index contributed by atoms with van der Waals surface area (Å²) in [5, 5.41) is 21.0. The van der Waals surface area contributed by atoms with Gasteiger partial charge in [-0.25, -0.2) is 0 Å². The molecule has 33 heavy (non-hydrogen) atoms. The summed E-state index contributed by atoms with van der Waals surface area (Å²) in [5.41, 5.74) is 2.32. The first kappa shape index (κ1) is 24.3. The summed E-state index contributed by atoms with van der Waals surface area (Å²) in [6.07, 6.45) is 16.0. The van der Waals surface area contributed by atoms with Crippen LogP contribution in [0.2, 0.25) is 0 Å². The number of carbonyl (C=O) groups excluding carboxylic acids is 1. The van der Waals surface area contributed by atoms with Crippen molar-refractivity contribution in [2.45, 2.75) is 109 Å². The molecule has 0 bridgehead atoms. The Kier molecular flexibility index (Phi) is 7.83. The number of phenolic OH excluding ortho intramolecular Hbond substituents is 1. The Morgan fingerprint density at radius 1 is 1.12 bits per heavy atom. The number of benzene rings is 1. The maximum absolute atomic E-state index is 12.7. The van der Waals surface area contributed by atoms with E-state index in [4.69, 9.17) is 4.74 Å². The van der Waals surface area contributed by atoms with Gasteiger partial charge >= 0.3 is 5.97 Å². The average molecular weight is 455 g/mol. The molecule has 3 aliphatic carbocycles. The third-order valence-corrected chi connectivity index (χ3v) is 8.98. The van der Waals surface area contributed by atoms with E-state index in [2.05, 4.69) is 13.5 Å². The molecule has 0 radical (unpaired) electrons. The molecular weight excluding hydrogens is 412 g/mol. The molecule has 0 amide bonds. The fourth-order valence-electron chi connectivity index (χ4n) is 7.16. The highest BCUT2D eigenvalue weighted by atomic mass is 16.5. The number of aryl methyl sites for hydroxylation is 1. The molecule has 0 spiro atoms. The van der Waals surface area contributed by atoms with E-state index in [1.807, 2.05) is 12.1 Å². The van der Waals surface area contributed by atoms with Crippen molar-refractivity contribution in [3.63, 3.8) is 0 Å². The van der Waals surface area contributed by atoms with Gasteiger partial charge < -0.3 is 14.9 Å². The largest absolute Gasteiger partial charge is 0.508 e. The maximum Gasteiger partial charge on any atom is 0.311 e. The van der Waals surface area contributed by atoms with E-state index in [1.54, 1.807) is 6.07 Å². The van der Waals surface area contributed by atoms with E-state index in [0.717, 1.165) is 75.3 Å². The lowest BCUT2D eigenvalue weighted by Crippen LogP contribution is -2.44. The minimum atomic E-state index is -0.191. The first-order valence-electron chi connectivity index (χ1n) is 13.3. The van der Waals surface area contributed by atoms with Gasteiger partial charge in [-0.15, -0.1) is 6.58 Å². The van der Waals surface area contributed by atoms with Gasteiger partial charge in [0.15, 0.2) is 0 Å². The van der Waals surface area contributed by atoms with Crippen molar-refractivity contribution in [2.24, 2.45) is 17.3 Å². The summed E-state index contributed by atoms with van der Waals surface area (Å²) >= 11 is 0. The fraction of sp³-hybridized carbons (Fsp3) is 0.690. The van der Waals surface area contributed by atoms with E-state index in [1.165, 1.54) is 19.3 Å². The van der Waals surface area contributed by atoms with Crippen LogP contribution in [0, 0.1) is 17.3 Å². The van der Waals surface area contributed by atoms with Gasteiger partial charge in [-0.3, -0.25) is 4.79 Å². The number of hydrogen-bond donors (Lipinski definition) is 2. The van der Waals surface area contributed by atoms with E-state index in [0.29, 0.717) is 29.9 Å². The summed E-state index contributed by atoms with van der Waals surface area (Å²) in [4.78, 5) is 12.7. The van der Waals surface area contributed by atoms with Gasteiger partial charge in [-0.05, 0) is 92.6 Å². The Morgan fingerprint density at radius 2 is 1.88 bits per heavy atom. The van der Waals surface area contributed by atoms with Crippen molar-refractivity contribution >= 4 is 5.97 Å². The molecule has 0 aromatic heterocycles. The smallest absolute Gasteiger partial charge is 0.311 e. The lowest BCUT2D eigenvalue weighted by molar-refractivity contribution is -0.134. The van der Waals surface area contributed by atoms with Crippen molar-refractivity contribution in [3.05, 3.63) is 35.9 Å². The van der Waals surface area contributed by atoms with Crippen molar-refractivity contribution < 1.29 is 19.7 Å². The number of rotatable bonds is 10. The molecule has 4 heteroatoms. The van der Waals surface area contributed by atoms with E-state index in [-0.39, 0.29) is 23.2 Å². The molecule has 2 saturated carbocycles. The van der Waals surface area contributed by atoms with Crippen LogP contribution in [0.15, 0.2) is 24.8 Å². The average Bonchev–Trinajstić information content (AvgIpc) is 3.09. The number of hydrogen-bond acceptors (Lipinski definition) is 4. The summed E-state index contributed by atoms with van der Waals surface area (Å²) in [7, 11) is 0. The molecule has 0 aliphatic heterocycles. The second-order valence-corrected chi connectivity index (χ2v) is 11.0. The molecule has 0 unspecified atom stereocenters. The molecule has 2 fully saturated rings. The number of phenols is 1. The minimum absolute atomic E-state index is 0.0259. The molecule has 1 aromatic rings. The predicted octanol–water partition coefficient (Wildman–Crippen LogP) is 6.82. The monoisotopic (exact) mass is 454 g/mol. The standard InChI is InChI=1S/C29H42O4/c1-3-4-5-6-7-8-9-10-11-27(32)33-25-19-21(30)18-20-12-13-22-23(28(20)25)16-17-29(2)24(22)14-15-26(29)31/h3,18-19,22-24,26,30-31H,1,4-17H2,2H3/t22-,23+,24+,26-,29+/m1/s1. The molecule has 1 aromatic carbocycles. The van der Waals surface area contributed by atoms with Gasteiger partial charge in [0, 0.05) is 18.1 Å². The molecule has 2 N–H and O–H groups in total. The highest BCUT2D eigenvalue weighted by molar-refractivity contribution is 5.73. The van der Waals surface area contributed by atoms with E-state index in [9.17, 15) is 15.0 Å². The SMILES string of the molecule is C=CCCCCCCCCC(=O)Oc1cc(O)cc2c1[C@H]1CC[C@]3(C)[C@H](O)CC[C@H]3[C@@H]1CC2. The summed E-state index contributed by atoms with van der Waals surface area (Å²) < 4.78 is 5.90. The lowest BCUT2D eigenvalue weighted by atomic mass is 9.55. The van der Waals surface area contributed by atoms with Gasteiger partial charge in [0.25, 0.3) is 0 Å². The first-order chi connectivity index (χ1) is 15.9. The first-order valence-corrected chi connectivity index (χ1v) is 13.3. The number of allylic oxidation sites excluding steroid dienone is 1. The summed E-state index contributed by atoms with van der Waals surface area (Å²) in [5.74, 6) is 1.99. The van der Waals surface area contributed by atoms with Crippen LogP contribution >= 0.6 is 0 Å². The number of aliphatic hydroxyl groups is 1. The number of carbonyl (C=O) groups is 1. The fourth-order valence-corrected chi connectivity index (χ4v) is 7.16. The zero-order chi connectivity index (χ0) is 23.4. The van der Waals surface area contributed by atoms with Crippen LogP contribution in [0.25, 0.3) is 0 Å². The molecule has 0 saturated heterocycles. The Labute approximate surface area is 199 Å². The van der Waals surface area contributed by atoms with Gasteiger partial charge in [-0.1, -0.05) is 38.7 Å². The number of aromatic hydroxyl groups is 1. The van der Waals surface area contributed by atoms with Crippen molar-refractivity contribution in [3.8, 4) is 11.5 Å². The lowest BCUT2D eigenvalue weighted by Gasteiger charge is -2.50. The third-order valence-electron chi connectivity index (χ3n) is 8.98. The Balaban J connectivity index is 1.38. The molecule has 0 heterocycles. The zero-order valence-electron chi connectivity index (χ0n) is 20.4. The van der Waals surface area contributed by atoms with Gasteiger partial charge in [0.1, 0.15) is 11.5 Å². The second kappa shape index (κ2) is 10.6. The minimum Gasteiger partial charge on any atom is -0.508 e. The third kappa shape index (κ3) is 5.16. The maximum atomic E-state index is 12.7. The van der Waals surface area contributed by atoms with Crippen molar-refractivity contribution in [1.82, 2.24) is 0 Å². The molecule has 5 atom stereocenters. The Bertz CT molecular complexity index is 846. The van der Waals surface area contributed by atoms with Crippen LogP contribution < -0.4 is 4.74 Å². The number of unbranched alkanes of at least 4 members (excludes halogenated alkanes) is 6. The Hall–Kier alpha value is -1.81. The number of aliphatic hydroxyl groups excluding tert-OH is 1. The zero-order valence-corrected chi connectivity index (χ0v) is 20.4. The highest BCUT2D eigenvalue weighted by Crippen LogP contribution is 2.62. The topological polar surface area (TPSA) is 66.8 Å². The van der Waals surface area contributed by atoms with Crippen LogP contribution in [0.1, 0.15) is 107 Å². The molecule has 4 nitrogen and oxygen atoms in total. The Morgan fingerprint density at radius 3 is 2.67 bits per heavy atom. The molecule has 3 aliphatic rings. The van der Waals surface area contributed by atoms with Crippen LogP contribution in [0.3, 0.4) is 0 Å². The van der Waals surface area contributed by atoms with Gasteiger partial charge in [0.2, 0.25) is 0 Å². The quantitative estimate of drug-likeness (QED) is 0.176. The van der Waals surface area contributed by atoms with Crippen LogP contribution in [-0.4, -0.2) is 22.3 Å². The second-order valence-electron chi connectivity index (χ2n) is 11.0. The highest BCUT2D eigenvalue weighted by Gasteiger charge is 2.54. The molecular formula is C29H42O4. The number of ether oxygens (including phenoxy) is 1. The van der Waals surface area contributed by atoms with Gasteiger partial charge in [0.05, 0.1) is 6.10 Å². The number of fused-ring (bicyclic) bond motifs is 5. The van der Waals surface area contributed by atoms with Crippen molar-refractivity contribution in [1.29, 1.82) is 0 Å². The van der Waals surface area contributed by atoms with Crippen LogP contribution in [0.4, 0.5) is 0 Å². The molecule has 4 rings (SSSR count). The van der Waals surface area contributed by atoms with Crippen LogP contribution in [-0.2, 0) is 11.2 Å². The summed E-state index contributed by atoms with van der Waals surface area (Å²) in [6.45, 7) is 6.04. The molecule has 182 valence electrons. The van der Waals surface area contributed by atoms with Gasteiger partial charge in [-0.2, -0.15) is 0 Å². The van der Waals surface area contributed by atoms with Crippen LogP contribution in [0.5, 0.6) is 11.5 Å².